The van der Waals surface area contributed by atoms with Crippen molar-refractivity contribution in [1.29, 1.82) is 0 Å². The Morgan fingerprint density at radius 3 is 1.96 bits per heavy atom. The van der Waals surface area contributed by atoms with Crippen LogP contribution in [0.4, 0.5) is 18.9 Å². The average Bonchev–Trinajstić information content (AvgIpc) is 2.46. The molecule has 0 aliphatic carbocycles. The van der Waals surface area contributed by atoms with E-state index in [0.717, 1.165) is 17.7 Å². The molecule has 0 saturated heterocycles. The van der Waals surface area contributed by atoms with E-state index in [1.165, 1.54) is 12.1 Å². The van der Waals surface area contributed by atoms with Crippen LogP contribution in [-0.2, 0) is 16.0 Å². The number of nitrogens with two attached hydrogens (primary N) is 1. The van der Waals surface area contributed by atoms with Gasteiger partial charge in [-0.25, -0.2) is 8.42 Å². The second kappa shape index (κ2) is 5.88. The smallest absolute Gasteiger partial charge is 0.398 e. The van der Waals surface area contributed by atoms with Crippen molar-refractivity contribution >= 4 is 15.5 Å². The number of halogens is 3. The number of nitrogen functional groups attached to an aromatic ring is 1. The zero-order valence-corrected chi connectivity index (χ0v) is 13.4. The van der Waals surface area contributed by atoms with Crippen molar-refractivity contribution in [2.75, 3.05) is 5.73 Å². The summed E-state index contributed by atoms with van der Waals surface area (Å²) in [7, 11) is -4.04. The number of sulfone groups is 1. The summed E-state index contributed by atoms with van der Waals surface area (Å²) in [4.78, 5) is -0.490. The number of benzene rings is 2. The Bertz CT molecular complexity index is 810. The molecule has 0 heterocycles. The lowest BCUT2D eigenvalue weighted by atomic mass is 10.0. The molecule has 2 N–H and O–H groups in total. The monoisotopic (exact) mass is 343 g/mol. The predicted molar refractivity (Wildman–Crippen MR) is 81.8 cm³/mol. The minimum atomic E-state index is -4.71. The zero-order valence-electron chi connectivity index (χ0n) is 12.6. The highest BCUT2D eigenvalue weighted by Gasteiger charge is 2.34. The number of hydrogen-bond donors (Lipinski definition) is 1. The minimum absolute atomic E-state index is 0.0557. The van der Waals surface area contributed by atoms with Crippen molar-refractivity contribution in [3.8, 4) is 0 Å². The molecule has 0 aromatic heterocycles. The molecule has 2 aromatic rings. The van der Waals surface area contributed by atoms with Gasteiger partial charge >= 0.3 is 6.18 Å². The Balaban J connectivity index is 2.52. The fourth-order valence-electron chi connectivity index (χ4n) is 2.12. The highest BCUT2D eigenvalue weighted by molar-refractivity contribution is 7.91. The van der Waals surface area contributed by atoms with E-state index in [1.807, 2.05) is 13.8 Å². The fourth-order valence-corrected chi connectivity index (χ4v) is 3.40. The Morgan fingerprint density at radius 1 is 0.957 bits per heavy atom. The second-order valence-electron chi connectivity index (χ2n) is 5.47. The molecule has 0 radical (unpaired) electrons. The average molecular weight is 343 g/mol. The number of rotatable bonds is 3. The van der Waals surface area contributed by atoms with Crippen LogP contribution in [0, 0.1) is 0 Å². The van der Waals surface area contributed by atoms with E-state index in [4.69, 9.17) is 5.73 Å². The Labute approximate surface area is 132 Å². The summed E-state index contributed by atoms with van der Waals surface area (Å²) in [6, 6.07) is 8.71. The minimum Gasteiger partial charge on any atom is -0.398 e. The van der Waals surface area contributed by atoms with Gasteiger partial charge in [-0.3, -0.25) is 0 Å². The molecular weight excluding hydrogens is 327 g/mol. The Morgan fingerprint density at radius 2 is 1.48 bits per heavy atom. The Hall–Kier alpha value is -2.02. The third-order valence-electron chi connectivity index (χ3n) is 3.50. The molecule has 2 rings (SSSR count). The van der Waals surface area contributed by atoms with Crippen molar-refractivity contribution in [3.63, 3.8) is 0 Å². The molecule has 0 bridgehead atoms. The van der Waals surface area contributed by atoms with Gasteiger partial charge in [0.05, 0.1) is 15.4 Å². The van der Waals surface area contributed by atoms with Gasteiger partial charge in [-0.15, -0.1) is 0 Å². The van der Waals surface area contributed by atoms with E-state index in [2.05, 4.69) is 0 Å². The molecule has 0 saturated carbocycles. The first-order valence-electron chi connectivity index (χ1n) is 6.85. The van der Waals surface area contributed by atoms with Gasteiger partial charge in [-0.05, 0) is 41.8 Å². The summed E-state index contributed by atoms with van der Waals surface area (Å²) in [5.74, 6) is 0.222. The summed E-state index contributed by atoms with van der Waals surface area (Å²) in [5.41, 5.74) is 4.57. The predicted octanol–water partition coefficient (Wildman–Crippen LogP) is 4.24. The number of anilines is 1. The summed E-state index contributed by atoms with van der Waals surface area (Å²) in [5, 5.41) is 0. The normalized spacial score (nSPS) is 12.6. The van der Waals surface area contributed by atoms with E-state index in [-0.39, 0.29) is 10.8 Å². The van der Waals surface area contributed by atoms with E-state index in [1.54, 1.807) is 12.1 Å². The topological polar surface area (TPSA) is 60.2 Å². The first-order valence-corrected chi connectivity index (χ1v) is 8.33. The summed E-state index contributed by atoms with van der Waals surface area (Å²) < 4.78 is 63.7. The second-order valence-corrected chi connectivity index (χ2v) is 7.42. The van der Waals surface area contributed by atoms with Gasteiger partial charge < -0.3 is 5.73 Å². The van der Waals surface area contributed by atoms with Crippen molar-refractivity contribution in [3.05, 3.63) is 53.6 Å². The van der Waals surface area contributed by atoms with Crippen LogP contribution in [0.15, 0.2) is 52.3 Å². The first-order chi connectivity index (χ1) is 10.5. The van der Waals surface area contributed by atoms with Gasteiger partial charge in [0, 0.05) is 5.69 Å². The van der Waals surface area contributed by atoms with Crippen LogP contribution in [0.1, 0.15) is 30.9 Å². The third-order valence-corrected chi connectivity index (χ3v) is 5.26. The molecule has 124 valence electrons. The van der Waals surface area contributed by atoms with Crippen molar-refractivity contribution in [2.45, 2.75) is 35.7 Å². The molecule has 0 aliphatic heterocycles. The molecule has 23 heavy (non-hydrogen) atoms. The molecule has 0 aliphatic rings. The molecular formula is C16H16F3NO2S. The van der Waals surface area contributed by atoms with Gasteiger partial charge in [-0.2, -0.15) is 13.2 Å². The highest BCUT2D eigenvalue weighted by Crippen LogP contribution is 2.36. The maximum Gasteiger partial charge on any atom is 0.418 e. The van der Waals surface area contributed by atoms with Crippen molar-refractivity contribution in [1.82, 2.24) is 0 Å². The van der Waals surface area contributed by atoms with Crippen LogP contribution in [0.2, 0.25) is 0 Å². The standard InChI is InChI=1S/C16H16F3NO2S/c1-10(2)11-3-5-12(6-4-11)23(21,22)13-7-8-15(20)14(9-13)16(17,18)19/h3-10H,20H2,1-2H3. The highest BCUT2D eigenvalue weighted by atomic mass is 32.2. The lowest BCUT2D eigenvalue weighted by molar-refractivity contribution is -0.137. The van der Waals surface area contributed by atoms with E-state index in [0.29, 0.717) is 6.07 Å². The van der Waals surface area contributed by atoms with Crippen LogP contribution in [-0.4, -0.2) is 8.42 Å². The largest absolute Gasteiger partial charge is 0.418 e. The SMILES string of the molecule is CC(C)c1ccc(S(=O)(=O)c2ccc(N)c(C(F)(F)F)c2)cc1. The summed E-state index contributed by atoms with van der Waals surface area (Å²) in [6.45, 7) is 3.91. The molecule has 0 amide bonds. The number of alkyl halides is 3. The third kappa shape index (κ3) is 3.50. The van der Waals surface area contributed by atoms with Gasteiger partial charge in [0.25, 0.3) is 0 Å². The zero-order chi connectivity index (χ0) is 17.4. The van der Waals surface area contributed by atoms with Crippen LogP contribution in [0.5, 0.6) is 0 Å². The van der Waals surface area contributed by atoms with Crippen molar-refractivity contribution in [2.24, 2.45) is 0 Å². The van der Waals surface area contributed by atoms with Gasteiger partial charge in [0.2, 0.25) is 9.84 Å². The van der Waals surface area contributed by atoms with E-state index >= 15 is 0 Å². The molecule has 0 fully saturated rings. The van der Waals surface area contributed by atoms with Crippen LogP contribution in [0.3, 0.4) is 0 Å². The quantitative estimate of drug-likeness (QED) is 0.848. The summed E-state index contributed by atoms with van der Waals surface area (Å²) in [6.07, 6.45) is -4.71. The molecule has 7 heteroatoms. The van der Waals surface area contributed by atoms with Gasteiger partial charge in [0.15, 0.2) is 0 Å². The maximum atomic E-state index is 12.9. The van der Waals surface area contributed by atoms with Crippen LogP contribution < -0.4 is 5.73 Å². The lowest BCUT2D eigenvalue weighted by Gasteiger charge is -2.13. The molecule has 0 unspecified atom stereocenters. The van der Waals surface area contributed by atoms with Crippen LogP contribution in [0.25, 0.3) is 0 Å². The van der Waals surface area contributed by atoms with Crippen LogP contribution >= 0.6 is 0 Å². The van der Waals surface area contributed by atoms with Gasteiger partial charge in [-0.1, -0.05) is 26.0 Å². The van der Waals surface area contributed by atoms with Crippen molar-refractivity contribution < 1.29 is 21.6 Å². The van der Waals surface area contributed by atoms with E-state index in [9.17, 15) is 21.6 Å². The Kier molecular flexibility index (Phi) is 4.43. The fraction of sp³-hybridized carbons (Fsp3) is 0.250. The summed E-state index contributed by atoms with van der Waals surface area (Å²) >= 11 is 0. The maximum absolute atomic E-state index is 12.9. The molecule has 0 atom stereocenters. The van der Waals surface area contributed by atoms with Gasteiger partial charge in [0.1, 0.15) is 0 Å². The lowest BCUT2D eigenvalue weighted by Crippen LogP contribution is -2.11. The molecule has 3 nitrogen and oxygen atoms in total. The molecule has 2 aromatic carbocycles. The van der Waals surface area contributed by atoms with E-state index < -0.39 is 32.2 Å². The first kappa shape index (κ1) is 17.3. The molecule has 0 spiro atoms. The number of hydrogen-bond acceptors (Lipinski definition) is 3.